The van der Waals surface area contributed by atoms with E-state index in [1.165, 1.54) is 0 Å². The number of aromatic amines is 2. The second kappa shape index (κ2) is 17.7. The number of imidazole rings is 2. The van der Waals surface area contributed by atoms with Crippen LogP contribution in [0.5, 0.6) is 0 Å². The summed E-state index contributed by atoms with van der Waals surface area (Å²) in [6.07, 6.45) is 3.81. The molecule has 1 atom stereocenters. The Morgan fingerprint density at radius 3 is 2.02 bits per heavy atom. The molecule has 0 spiro atoms. The van der Waals surface area contributed by atoms with Crippen molar-refractivity contribution in [3.05, 3.63) is 105 Å². The second-order valence-electron chi connectivity index (χ2n) is 8.85. The Hall–Kier alpha value is -2.87. The van der Waals surface area contributed by atoms with Gasteiger partial charge < -0.3 is 31.2 Å². The van der Waals surface area contributed by atoms with Crippen LogP contribution in [0.1, 0.15) is 84.1 Å². The zero-order chi connectivity index (χ0) is 26.9. The molecule has 0 amide bonds. The molecular weight excluding hydrogens is 565 g/mol. The molecule has 2 aromatic heterocycles. The Balaban J connectivity index is 0.00000208. The summed E-state index contributed by atoms with van der Waals surface area (Å²) in [7, 11) is 0. The molecule has 0 bridgehead atoms. The molecule has 5 heteroatoms. The summed E-state index contributed by atoms with van der Waals surface area (Å²) < 4.78 is 0. The minimum atomic E-state index is 0. The fourth-order valence-electron chi connectivity index (χ4n) is 3.94. The minimum absolute atomic E-state index is 0. The molecule has 0 aliphatic carbocycles. The number of hydrogen-bond acceptors (Lipinski definition) is 2. The Labute approximate surface area is 268 Å². The SMILES string of the molecule is CC.CC.C[CH-]c1ncc(-c2ccc(C#Cc3ccc4c(ccc5[nH]c(C(C)C(C)C)nc54)c3)cc2)[nH]1.[CH3-].[CH3-].[Y+3]. The Morgan fingerprint density at radius 1 is 0.800 bits per heavy atom. The molecule has 5 rings (SSSR count). The molecule has 4 nitrogen and oxygen atoms in total. The van der Waals surface area contributed by atoms with Crippen molar-refractivity contribution in [3.8, 4) is 23.1 Å². The minimum Gasteiger partial charge on any atom is -0.368 e. The zero-order valence-corrected chi connectivity index (χ0v) is 28.8. The first-order valence-electron chi connectivity index (χ1n) is 13.4. The van der Waals surface area contributed by atoms with E-state index in [2.05, 4.69) is 90.0 Å². The van der Waals surface area contributed by atoms with E-state index < -0.39 is 0 Å². The van der Waals surface area contributed by atoms with E-state index in [0.717, 1.165) is 55.8 Å². The van der Waals surface area contributed by atoms with E-state index in [9.17, 15) is 0 Å². The Bertz CT molecular complexity index is 1500. The van der Waals surface area contributed by atoms with Gasteiger partial charge in [0.25, 0.3) is 0 Å². The monoisotopic (exact) mass is 610 g/mol. The van der Waals surface area contributed by atoms with Crippen molar-refractivity contribution in [1.29, 1.82) is 0 Å². The molecule has 0 aliphatic heterocycles. The summed E-state index contributed by atoms with van der Waals surface area (Å²) in [5.41, 5.74) is 6.20. The van der Waals surface area contributed by atoms with Gasteiger partial charge in [0.15, 0.2) is 0 Å². The molecule has 5 aromatic rings. The van der Waals surface area contributed by atoms with Crippen LogP contribution in [0.25, 0.3) is 33.1 Å². The van der Waals surface area contributed by atoms with Crippen molar-refractivity contribution in [2.75, 3.05) is 0 Å². The molecule has 40 heavy (non-hydrogen) atoms. The van der Waals surface area contributed by atoms with Gasteiger partial charge in [-0.3, -0.25) is 4.98 Å². The molecule has 0 radical (unpaired) electrons. The van der Waals surface area contributed by atoms with Crippen LogP contribution < -0.4 is 0 Å². The Kier molecular flexibility index (Phi) is 16.5. The number of benzene rings is 3. The molecule has 208 valence electrons. The van der Waals surface area contributed by atoms with Crippen molar-refractivity contribution in [3.63, 3.8) is 0 Å². The van der Waals surface area contributed by atoms with E-state index in [-0.39, 0.29) is 47.6 Å². The average molecular weight is 611 g/mol. The van der Waals surface area contributed by atoms with E-state index in [1.54, 1.807) is 0 Å². The average Bonchev–Trinajstić information content (AvgIpc) is 3.61. The van der Waals surface area contributed by atoms with Crippen molar-refractivity contribution in [2.45, 2.75) is 61.3 Å². The number of nitrogens with zero attached hydrogens (tertiary/aromatic N) is 2. The van der Waals surface area contributed by atoms with E-state index in [0.29, 0.717) is 11.8 Å². The van der Waals surface area contributed by atoms with Gasteiger partial charge in [-0.25, -0.2) is 4.98 Å². The molecule has 0 saturated carbocycles. The predicted octanol–water partition coefficient (Wildman–Crippen LogP) is 9.79. The smallest absolute Gasteiger partial charge is 0.368 e. The number of H-pyrrole nitrogens is 2. The van der Waals surface area contributed by atoms with Crippen LogP contribution in [0.2, 0.25) is 0 Å². The number of rotatable bonds is 4. The zero-order valence-electron chi connectivity index (χ0n) is 26.0. The van der Waals surface area contributed by atoms with Crippen molar-refractivity contribution >= 4 is 21.8 Å². The van der Waals surface area contributed by atoms with Crippen LogP contribution in [0, 0.1) is 39.0 Å². The van der Waals surface area contributed by atoms with Crippen molar-refractivity contribution < 1.29 is 32.7 Å². The number of nitrogens with one attached hydrogen (secondary N) is 2. The number of aromatic nitrogens is 4. The van der Waals surface area contributed by atoms with Crippen LogP contribution in [0.4, 0.5) is 0 Å². The first-order chi connectivity index (χ1) is 18.0. The molecule has 3 aromatic carbocycles. The van der Waals surface area contributed by atoms with Crippen LogP contribution in [0.3, 0.4) is 0 Å². The maximum Gasteiger partial charge on any atom is 3.00 e. The largest absolute Gasteiger partial charge is 3.00 e. The molecule has 2 N–H and O–H groups in total. The van der Waals surface area contributed by atoms with E-state index in [4.69, 9.17) is 4.98 Å². The van der Waals surface area contributed by atoms with Crippen LogP contribution >= 0.6 is 0 Å². The first-order valence-corrected chi connectivity index (χ1v) is 13.4. The molecule has 0 aliphatic rings. The van der Waals surface area contributed by atoms with Crippen molar-refractivity contribution in [2.24, 2.45) is 5.92 Å². The van der Waals surface area contributed by atoms with Gasteiger partial charge in [0.05, 0.1) is 16.7 Å². The molecule has 0 saturated heterocycles. The van der Waals surface area contributed by atoms with Gasteiger partial charge in [-0.15, -0.1) is 0 Å². The predicted molar refractivity (Wildman–Crippen MR) is 171 cm³/mol. The third-order valence-electron chi connectivity index (χ3n) is 6.33. The summed E-state index contributed by atoms with van der Waals surface area (Å²) in [6.45, 7) is 16.6. The summed E-state index contributed by atoms with van der Waals surface area (Å²) in [4.78, 5) is 16.0. The quantitative estimate of drug-likeness (QED) is 0.157. The number of fused-ring (bicyclic) bond motifs is 3. The van der Waals surface area contributed by atoms with E-state index in [1.807, 2.05) is 59.4 Å². The maximum absolute atomic E-state index is 4.92. The fraction of sp³-hybridized carbons (Fsp3) is 0.286. The summed E-state index contributed by atoms with van der Waals surface area (Å²) in [5, 5.41) is 2.31. The second-order valence-corrected chi connectivity index (χ2v) is 8.85. The van der Waals surface area contributed by atoms with E-state index >= 15 is 0 Å². The Morgan fingerprint density at radius 2 is 1.43 bits per heavy atom. The van der Waals surface area contributed by atoms with Gasteiger partial charge in [0.2, 0.25) is 0 Å². The van der Waals surface area contributed by atoms with Crippen molar-refractivity contribution in [1.82, 2.24) is 19.9 Å². The van der Waals surface area contributed by atoms with Crippen LogP contribution in [-0.4, -0.2) is 19.9 Å². The topological polar surface area (TPSA) is 57.4 Å². The molecular formula is C35H45N4Y. The number of hydrogen-bond donors (Lipinski definition) is 2. The van der Waals surface area contributed by atoms with Crippen LogP contribution in [-0.2, 0) is 32.7 Å². The fourth-order valence-corrected chi connectivity index (χ4v) is 3.94. The molecule has 1 unspecified atom stereocenters. The third-order valence-corrected chi connectivity index (χ3v) is 6.33. The first kappa shape index (κ1) is 37.1. The maximum atomic E-state index is 4.92. The standard InChI is InChI=1S/C29H27N4.2C2H6.2CH3.Y/c1-5-27-30-17-26(31-27)22-11-8-20(9-12-22)6-7-21-10-14-24-23(16-21)13-15-25-28(24)33-29(32-25)19(4)18(2)3;2*1-2;;;/h5,8-19H,1-4H3,(H,30,31)(H,32,33);2*1-2H3;2*1H3;/q-1;;;2*-1;+3. The van der Waals surface area contributed by atoms with Gasteiger partial charge in [-0.05, 0) is 53.0 Å². The van der Waals surface area contributed by atoms with Gasteiger partial charge >= 0.3 is 32.7 Å². The molecule has 2 heterocycles. The summed E-state index contributed by atoms with van der Waals surface area (Å²) in [6, 6.07) is 18.9. The summed E-state index contributed by atoms with van der Waals surface area (Å²) >= 11 is 0. The third kappa shape index (κ3) is 8.56. The molecule has 0 fully saturated rings. The van der Waals surface area contributed by atoms with Gasteiger partial charge in [0.1, 0.15) is 5.82 Å². The van der Waals surface area contributed by atoms with Crippen LogP contribution in [0.15, 0.2) is 60.8 Å². The summed E-state index contributed by atoms with van der Waals surface area (Å²) in [5.74, 6) is 9.46. The van der Waals surface area contributed by atoms with Gasteiger partial charge in [-0.1, -0.05) is 84.6 Å². The van der Waals surface area contributed by atoms with Gasteiger partial charge in [-0.2, -0.15) is 6.92 Å². The normalized spacial score (nSPS) is 10.3. The van der Waals surface area contributed by atoms with Gasteiger partial charge in [0, 0.05) is 28.6 Å².